The van der Waals surface area contributed by atoms with E-state index in [1.807, 2.05) is 0 Å². The summed E-state index contributed by atoms with van der Waals surface area (Å²) < 4.78 is 0. The van der Waals surface area contributed by atoms with Crippen LogP contribution in [-0.2, 0) is 19.2 Å². The van der Waals surface area contributed by atoms with Gasteiger partial charge < -0.3 is 32.3 Å². The summed E-state index contributed by atoms with van der Waals surface area (Å²) >= 11 is 0. The predicted molar refractivity (Wildman–Crippen MR) is 79.8 cm³/mol. The number of aliphatic hydroxyl groups is 1. The van der Waals surface area contributed by atoms with Crippen LogP contribution < -0.4 is 22.1 Å². The molecule has 132 valence electrons. The van der Waals surface area contributed by atoms with Crippen molar-refractivity contribution in [3.05, 3.63) is 0 Å². The van der Waals surface area contributed by atoms with Crippen LogP contribution in [-0.4, -0.2) is 58.1 Å². The minimum Gasteiger partial charge on any atom is -0.480 e. The molecule has 0 aliphatic carbocycles. The Morgan fingerprint density at radius 2 is 1.57 bits per heavy atom. The molecule has 0 heterocycles. The number of carbonyl (C=O) groups excluding carboxylic acids is 3. The molecule has 0 rings (SSSR count). The van der Waals surface area contributed by atoms with Crippen LogP contribution >= 0.6 is 0 Å². The van der Waals surface area contributed by atoms with E-state index >= 15 is 0 Å². The Bertz CT molecular complexity index is 465. The lowest BCUT2D eigenvalue weighted by atomic mass is 10.0. The average molecular weight is 332 g/mol. The number of hydrogen-bond donors (Lipinski definition) is 6. The molecule has 0 spiro atoms. The summed E-state index contributed by atoms with van der Waals surface area (Å²) in [5.41, 5.74) is 10.4. The third-order valence-corrected chi connectivity index (χ3v) is 3.09. The van der Waals surface area contributed by atoms with Crippen LogP contribution in [0.4, 0.5) is 0 Å². The highest BCUT2D eigenvalue weighted by molar-refractivity contribution is 5.93. The van der Waals surface area contributed by atoms with Crippen molar-refractivity contribution in [1.29, 1.82) is 0 Å². The van der Waals surface area contributed by atoms with Gasteiger partial charge in [0, 0.05) is 0 Å². The van der Waals surface area contributed by atoms with Crippen LogP contribution in [0.5, 0.6) is 0 Å². The van der Waals surface area contributed by atoms with Crippen LogP contribution in [0, 0.1) is 5.92 Å². The van der Waals surface area contributed by atoms with Gasteiger partial charge in [-0.1, -0.05) is 13.8 Å². The van der Waals surface area contributed by atoms with Crippen LogP contribution in [0.1, 0.15) is 27.2 Å². The third kappa shape index (κ3) is 7.06. The summed E-state index contributed by atoms with van der Waals surface area (Å²) in [5.74, 6) is -4.25. The number of amides is 3. The number of carboxylic acid groups (broad SMARTS) is 1. The maximum absolute atomic E-state index is 12.2. The fourth-order valence-corrected chi connectivity index (χ4v) is 1.67. The van der Waals surface area contributed by atoms with Gasteiger partial charge in [-0.3, -0.25) is 14.4 Å². The first-order valence-corrected chi connectivity index (χ1v) is 7.02. The maximum atomic E-state index is 12.2. The average Bonchev–Trinajstić information content (AvgIpc) is 2.41. The Balaban J connectivity index is 5.01. The summed E-state index contributed by atoms with van der Waals surface area (Å²) in [6, 6.07) is -3.81. The smallest absolute Gasteiger partial charge is 0.326 e. The number of rotatable bonds is 9. The topological polar surface area (TPSA) is 185 Å². The van der Waals surface area contributed by atoms with Crippen LogP contribution in [0.2, 0.25) is 0 Å². The van der Waals surface area contributed by atoms with Gasteiger partial charge in [0.1, 0.15) is 18.1 Å². The normalized spacial score (nSPS) is 16.1. The Kier molecular flexibility index (Phi) is 8.19. The second kappa shape index (κ2) is 9.06. The Labute approximate surface area is 133 Å². The van der Waals surface area contributed by atoms with Gasteiger partial charge in [-0.2, -0.15) is 0 Å². The molecular weight excluding hydrogens is 308 g/mol. The standard InChI is InChI=1S/C13H24N4O6/c1-5(2)10(17-11(20)9(15)6(3)18)12(21)16-7(13(22)23)4-8(14)19/h5-7,9-10,18H,4,15H2,1-3H3,(H2,14,19)(H,16,21)(H,17,20)(H,22,23)/t6-,7+,9+,10+/m1/s1. The zero-order valence-corrected chi connectivity index (χ0v) is 13.3. The number of nitrogens with two attached hydrogens (primary N) is 2. The van der Waals surface area contributed by atoms with E-state index in [2.05, 4.69) is 10.6 Å². The highest BCUT2D eigenvalue weighted by atomic mass is 16.4. The Hall–Kier alpha value is -2.20. The molecule has 0 fully saturated rings. The number of carbonyl (C=O) groups is 4. The lowest BCUT2D eigenvalue weighted by Gasteiger charge is -2.25. The SMILES string of the molecule is CC(C)[C@H](NC(=O)[C@@H](N)[C@@H](C)O)C(=O)N[C@@H](CC(N)=O)C(=O)O. The fraction of sp³-hybridized carbons (Fsp3) is 0.692. The molecule has 0 aromatic heterocycles. The quantitative estimate of drug-likeness (QED) is 0.265. The van der Waals surface area contributed by atoms with Crippen molar-refractivity contribution < 1.29 is 29.4 Å². The van der Waals surface area contributed by atoms with E-state index in [0.29, 0.717) is 0 Å². The van der Waals surface area contributed by atoms with E-state index in [4.69, 9.17) is 16.6 Å². The molecule has 0 aliphatic heterocycles. The van der Waals surface area contributed by atoms with E-state index in [0.717, 1.165) is 0 Å². The zero-order valence-electron chi connectivity index (χ0n) is 13.3. The van der Waals surface area contributed by atoms with Crippen molar-refractivity contribution in [2.45, 2.75) is 51.4 Å². The van der Waals surface area contributed by atoms with E-state index in [1.54, 1.807) is 13.8 Å². The van der Waals surface area contributed by atoms with Gasteiger partial charge in [0.25, 0.3) is 0 Å². The van der Waals surface area contributed by atoms with Gasteiger partial charge in [-0.15, -0.1) is 0 Å². The van der Waals surface area contributed by atoms with Gasteiger partial charge in [0.15, 0.2) is 0 Å². The summed E-state index contributed by atoms with van der Waals surface area (Å²) in [7, 11) is 0. The largest absolute Gasteiger partial charge is 0.480 e. The number of hydrogen-bond acceptors (Lipinski definition) is 6. The van der Waals surface area contributed by atoms with E-state index in [9.17, 15) is 24.3 Å². The summed E-state index contributed by atoms with van der Waals surface area (Å²) in [5, 5.41) is 22.7. The zero-order chi connectivity index (χ0) is 18.3. The lowest BCUT2D eigenvalue weighted by Crippen LogP contribution is -2.58. The summed E-state index contributed by atoms with van der Waals surface area (Å²) in [4.78, 5) is 45.9. The molecule has 3 amide bonds. The first-order valence-electron chi connectivity index (χ1n) is 7.02. The highest BCUT2D eigenvalue weighted by Gasteiger charge is 2.31. The molecule has 0 aromatic carbocycles. The molecule has 0 aromatic rings. The second-order valence-corrected chi connectivity index (χ2v) is 5.57. The van der Waals surface area contributed by atoms with Crippen molar-refractivity contribution in [2.24, 2.45) is 17.4 Å². The molecule has 0 aliphatic rings. The van der Waals surface area contributed by atoms with Crippen molar-refractivity contribution >= 4 is 23.7 Å². The minimum absolute atomic E-state index is 0.386. The Morgan fingerprint density at radius 1 is 1.04 bits per heavy atom. The predicted octanol–water partition coefficient (Wildman–Crippen LogP) is -2.72. The monoisotopic (exact) mass is 332 g/mol. The number of aliphatic hydroxyl groups excluding tert-OH is 1. The molecule has 0 radical (unpaired) electrons. The van der Waals surface area contributed by atoms with Gasteiger partial charge in [0.05, 0.1) is 12.5 Å². The maximum Gasteiger partial charge on any atom is 0.326 e. The van der Waals surface area contributed by atoms with Crippen molar-refractivity contribution in [2.75, 3.05) is 0 Å². The third-order valence-electron chi connectivity index (χ3n) is 3.09. The molecule has 10 heteroatoms. The molecular formula is C13H24N4O6. The second-order valence-electron chi connectivity index (χ2n) is 5.57. The first-order chi connectivity index (χ1) is 10.5. The first kappa shape index (κ1) is 20.8. The number of aliphatic carboxylic acids is 1. The molecule has 0 saturated heterocycles. The minimum atomic E-state index is -1.50. The summed E-state index contributed by atoms with van der Waals surface area (Å²) in [6.07, 6.45) is -1.69. The highest BCUT2D eigenvalue weighted by Crippen LogP contribution is 2.04. The fourth-order valence-electron chi connectivity index (χ4n) is 1.67. The molecule has 8 N–H and O–H groups in total. The van der Waals surface area contributed by atoms with Gasteiger partial charge in [-0.25, -0.2) is 4.79 Å². The van der Waals surface area contributed by atoms with E-state index in [1.165, 1.54) is 6.92 Å². The van der Waals surface area contributed by atoms with Gasteiger partial charge in [0.2, 0.25) is 17.7 Å². The molecule has 0 bridgehead atoms. The van der Waals surface area contributed by atoms with Crippen molar-refractivity contribution in [3.8, 4) is 0 Å². The molecule has 0 saturated carbocycles. The number of carboxylic acids is 1. The van der Waals surface area contributed by atoms with Crippen LogP contribution in [0.3, 0.4) is 0 Å². The molecule has 23 heavy (non-hydrogen) atoms. The van der Waals surface area contributed by atoms with Crippen molar-refractivity contribution in [3.63, 3.8) is 0 Å². The van der Waals surface area contributed by atoms with Gasteiger partial charge >= 0.3 is 5.97 Å². The number of primary amides is 1. The lowest BCUT2D eigenvalue weighted by molar-refractivity contribution is -0.144. The molecule has 4 atom stereocenters. The number of nitrogens with one attached hydrogen (secondary N) is 2. The van der Waals surface area contributed by atoms with Crippen LogP contribution in [0.15, 0.2) is 0 Å². The summed E-state index contributed by atoms with van der Waals surface area (Å²) in [6.45, 7) is 4.58. The van der Waals surface area contributed by atoms with Crippen LogP contribution in [0.25, 0.3) is 0 Å². The molecule has 10 nitrogen and oxygen atoms in total. The van der Waals surface area contributed by atoms with E-state index < -0.39 is 54.3 Å². The van der Waals surface area contributed by atoms with Gasteiger partial charge in [-0.05, 0) is 12.8 Å². The van der Waals surface area contributed by atoms with Crippen molar-refractivity contribution in [1.82, 2.24) is 10.6 Å². The van der Waals surface area contributed by atoms with E-state index in [-0.39, 0.29) is 5.92 Å². The Morgan fingerprint density at radius 3 is 1.91 bits per heavy atom. The molecule has 0 unspecified atom stereocenters.